The molecule has 2 rings (SSSR count). The fourth-order valence-corrected chi connectivity index (χ4v) is 3.14. The second-order valence-corrected chi connectivity index (χ2v) is 7.45. The van der Waals surface area contributed by atoms with Crippen LogP contribution < -0.4 is 5.14 Å². The van der Waals surface area contributed by atoms with Crippen molar-refractivity contribution < 1.29 is 13.2 Å². The van der Waals surface area contributed by atoms with Crippen molar-refractivity contribution in [3.63, 3.8) is 0 Å². The summed E-state index contributed by atoms with van der Waals surface area (Å²) in [6.45, 7) is 5.67. The molecular weight excluding hydrogens is 302 g/mol. The van der Waals surface area contributed by atoms with E-state index in [1.165, 1.54) is 0 Å². The number of nitrogens with zero attached hydrogens (tertiary/aromatic N) is 2. The van der Waals surface area contributed by atoms with Gasteiger partial charge in [-0.1, -0.05) is 24.3 Å². The second-order valence-electron chi connectivity index (χ2n) is 5.72. The van der Waals surface area contributed by atoms with Crippen LogP contribution in [0.5, 0.6) is 0 Å². The maximum Gasteiger partial charge on any atom is 0.219 e. The Hall–Kier alpha value is -1.44. The van der Waals surface area contributed by atoms with Crippen molar-refractivity contribution >= 4 is 15.9 Å². The molecule has 0 aromatic heterocycles. The molecule has 7 heteroatoms. The fraction of sp³-hybridized carbons (Fsp3) is 0.533. The summed E-state index contributed by atoms with van der Waals surface area (Å²) in [5.41, 5.74) is 2.14. The van der Waals surface area contributed by atoms with E-state index in [-0.39, 0.29) is 11.7 Å². The number of amides is 1. The van der Waals surface area contributed by atoms with E-state index in [0.29, 0.717) is 6.42 Å². The first kappa shape index (κ1) is 16.9. The molecule has 1 amide bonds. The third kappa shape index (κ3) is 5.40. The lowest BCUT2D eigenvalue weighted by Gasteiger charge is -2.34. The predicted molar refractivity (Wildman–Crippen MR) is 85.7 cm³/mol. The van der Waals surface area contributed by atoms with Crippen LogP contribution in [0, 0.1) is 0 Å². The number of primary sulfonamides is 1. The number of nitrogens with two attached hydrogens (primary N) is 1. The highest BCUT2D eigenvalue weighted by molar-refractivity contribution is 7.89. The molecule has 6 nitrogen and oxygen atoms in total. The van der Waals surface area contributed by atoms with Crippen LogP contribution in [0.25, 0.3) is 0 Å². The largest absolute Gasteiger partial charge is 0.340 e. The molecule has 2 N–H and O–H groups in total. The van der Waals surface area contributed by atoms with Gasteiger partial charge in [0.05, 0.1) is 5.75 Å². The lowest BCUT2D eigenvalue weighted by Crippen LogP contribution is -2.47. The number of carbonyl (C=O) groups is 1. The van der Waals surface area contributed by atoms with Crippen molar-refractivity contribution in [1.82, 2.24) is 9.80 Å². The van der Waals surface area contributed by atoms with Gasteiger partial charge < -0.3 is 4.90 Å². The van der Waals surface area contributed by atoms with E-state index < -0.39 is 10.0 Å². The molecule has 0 aliphatic carbocycles. The van der Waals surface area contributed by atoms with E-state index in [0.717, 1.165) is 43.9 Å². The van der Waals surface area contributed by atoms with Gasteiger partial charge in [-0.15, -0.1) is 0 Å². The second kappa shape index (κ2) is 7.21. The first-order chi connectivity index (χ1) is 10.3. The Morgan fingerprint density at radius 1 is 1.18 bits per heavy atom. The summed E-state index contributed by atoms with van der Waals surface area (Å²) in [5, 5.41) is 5.04. The summed E-state index contributed by atoms with van der Waals surface area (Å²) < 4.78 is 22.1. The zero-order valence-corrected chi connectivity index (χ0v) is 13.7. The van der Waals surface area contributed by atoms with Crippen molar-refractivity contribution in [2.75, 3.05) is 31.9 Å². The van der Waals surface area contributed by atoms with Crippen LogP contribution in [0.4, 0.5) is 0 Å². The van der Waals surface area contributed by atoms with Gasteiger partial charge in [0.1, 0.15) is 0 Å². The first-order valence-electron chi connectivity index (χ1n) is 7.40. The maximum absolute atomic E-state index is 11.3. The van der Waals surface area contributed by atoms with E-state index in [2.05, 4.69) is 4.90 Å². The van der Waals surface area contributed by atoms with Crippen LogP contribution in [0.2, 0.25) is 0 Å². The Balaban J connectivity index is 1.90. The topological polar surface area (TPSA) is 83.7 Å². The smallest absolute Gasteiger partial charge is 0.219 e. The minimum absolute atomic E-state index is 0.0340. The average molecular weight is 325 g/mol. The van der Waals surface area contributed by atoms with Crippen molar-refractivity contribution in [1.29, 1.82) is 0 Å². The minimum atomic E-state index is -3.42. The number of sulfonamides is 1. The Labute approximate surface area is 131 Å². The van der Waals surface area contributed by atoms with E-state index >= 15 is 0 Å². The zero-order chi connectivity index (χ0) is 16.2. The molecule has 0 spiro atoms. The van der Waals surface area contributed by atoms with E-state index in [1.54, 1.807) is 6.92 Å². The van der Waals surface area contributed by atoms with Crippen LogP contribution in [-0.4, -0.2) is 56.1 Å². The highest BCUT2D eigenvalue weighted by Crippen LogP contribution is 2.11. The van der Waals surface area contributed by atoms with Crippen molar-refractivity contribution in [3.05, 3.63) is 35.4 Å². The van der Waals surface area contributed by atoms with Crippen LogP contribution in [0.1, 0.15) is 18.1 Å². The van der Waals surface area contributed by atoms with Gasteiger partial charge in [0.2, 0.25) is 15.9 Å². The van der Waals surface area contributed by atoms with Gasteiger partial charge in [-0.05, 0) is 17.5 Å². The number of hydrogen-bond donors (Lipinski definition) is 1. The van der Waals surface area contributed by atoms with Gasteiger partial charge >= 0.3 is 0 Å². The van der Waals surface area contributed by atoms with Crippen LogP contribution in [0.3, 0.4) is 0 Å². The zero-order valence-electron chi connectivity index (χ0n) is 12.9. The number of carbonyl (C=O) groups excluding carboxylic acids is 1. The molecule has 1 aliphatic heterocycles. The Morgan fingerprint density at radius 2 is 1.82 bits per heavy atom. The van der Waals surface area contributed by atoms with Gasteiger partial charge in [-0.3, -0.25) is 9.69 Å². The Kier molecular flexibility index (Phi) is 5.55. The molecule has 0 saturated carbocycles. The summed E-state index contributed by atoms with van der Waals surface area (Å²) >= 11 is 0. The molecule has 1 aromatic carbocycles. The average Bonchev–Trinajstić information content (AvgIpc) is 2.45. The molecular formula is C15H23N3O3S. The molecule has 1 aromatic rings. The molecule has 22 heavy (non-hydrogen) atoms. The monoisotopic (exact) mass is 325 g/mol. The van der Waals surface area contributed by atoms with Crippen molar-refractivity contribution in [2.24, 2.45) is 5.14 Å². The van der Waals surface area contributed by atoms with Crippen molar-refractivity contribution in [3.8, 4) is 0 Å². The number of rotatable bonds is 5. The van der Waals surface area contributed by atoms with Gasteiger partial charge in [0, 0.05) is 39.6 Å². The fourth-order valence-electron chi connectivity index (χ4n) is 2.62. The molecule has 0 unspecified atom stereocenters. The highest BCUT2D eigenvalue weighted by atomic mass is 32.2. The van der Waals surface area contributed by atoms with Gasteiger partial charge in [-0.25, -0.2) is 13.6 Å². The molecule has 0 atom stereocenters. The highest BCUT2D eigenvalue weighted by Gasteiger charge is 2.18. The van der Waals surface area contributed by atoms with E-state index in [4.69, 9.17) is 5.14 Å². The Bertz CT molecular complexity index is 623. The van der Waals surface area contributed by atoms with Crippen LogP contribution in [0.15, 0.2) is 24.3 Å². The maximum atomic E-state index is 11.3. The Morgan fingerprint density at radius 3 is 2.41 bits per heavy atom. The normalized spacial score (nSPS) is 16.7. The number of hydrogen-bond acceptors (Lipinski definition) is 4. The van der Waals surface area contributed by atoms with Gasteiger partial charge in [-0.2, -0.15) is 0 Å². The van der Waals surface area contributed by atoms with Crippen LogP contribution >= 0.6 is 0 Å². The third-order valence-corrected chi connectivity index (χ3v) is 4.66. The first-order valence-corrected chi connectivity index (χ1v) is 9.11. The number of benzene rings is 1. The molecule has 1 aliphatic rings. The quantitative estimate of drug-likeness (QED) is 0.837. The van der Waals surface area contributed by atoms with Gasteiger partial charge in [0.15, 0.2) is 0 Å². The minimum Gasteiger partial charge on any atom is -0.340 e. The van der Waals surface area contributed by atoms with E-state index in [9.17, 15) is 13.2 Å². The van der Waals surface area contributed by atoms with Crippen LogP contribution in [-0.2, 0) is 27.8 Å². The summed E-state index contributed by atoms with van der Waals surface area (Å²) in [6.07, 6.45) is 0.435. The summed E-state index contributed by atoms with van der Waals surface area (Å²) in [6, 6.07) is 7.93. The molecule has 0 radical (unpaired) electrons. The lowest BCUT2D eigenvalue weighted by molar-refractivity contribution is -0.130. The lowest BCUT2D eigenvalue weighted by atomic mass is 10.1. The molecule has 122 valence electrons. The third-order valence-electron chi connectivity index (χ3n) is 3.89. The number of piperazine rings is 1. The van der Waals surface area contributed by atoms with Crippen molar-refractivity contribution in [2.45, 2.75) is 19.9 Å². The molecule has 1 saturated heterocycles. The molecule has 1 heterocycles. The molecule has 1 fully saturated rings. The molecule has 0 bridgehead atoms. The summed E-state index contributed by atoms with van der Waals surface area (Å²) in [7, 11) is -3.42. The van der Waals surface area contributed by atoms with E-state index in [1.807, 2.05) is 29.2 Å². The SMILES string of the molecule is CC(=O)N1CCN(Cc2cccc(CCS(N)(=O)=O)c2)CC1. The predicted octanol–water partition coefficient (Wildman–Crippen LogP) is 0.182. The summed E-state index contributed by atoms with van der Waals surface area (Å²) in [5.74, 6) is 0.0953. The number of aryl methyl sites for hydroxylation is 1. The summed E-state index contributed by atoms with van der Waals surface area (Å²) in [4.78, 5) is 15.5. The standard InChI is InChI=1S/C15H23N3O3S/c1-13(19)18-8-6-17(7-9-18)12-15-4-2-3-14(11-15)5-10-22(16,20)21/h2-4,11H,5-10,12H2,1H3,(H2,16,20,21). The van der Waals surface area contributed by atoms with Gasteiger partial charge in [0.25, 0.3) is 0 Å².